The number of imide groups is 1. The van der Waals surface area contributed by atoms with Crippen LogP contribution in [0.3, 0.4) is 0 Å². The number of benzene rings is 1. The van der Waals surface area contributed by atoms with E-state index in [1.165, 1.54) is 5.56 Å². The van der Waals surface area contributed by atoms with E-state index in [0.717, 1.165) is 31.6 Å². The Hall–Kier alpha value is -2.25. The van der Waals surface area contributed by atoms with Gasteiger partial charge in [0.25, 0.3) is 5.91 Å². The molecule has 3 aliphatic rings. The molecule has 3 atom stereocenters. The molecule has 0 aliphatic carbocycles. The topological polar surface area (TPSA) is 95.7 Å². The summed E-state index contributed by atoms with van der Waals surface area (Å²) in [7, 11) is 0. The monoisotopic (exact) mass is 370 g/mol. The lowest BCUT2D eigenvalue weighted by Gasteiger charge is -2.35. The van der Waals surface area contributed by atoms with Crippen LogP contribution in [0.4, 0.5) is 0 Å². The van der Waals surface area contributed by atoms with Crippen molar-refractivity contribution in [2.24, 2.45) is 11.7 Å². The van der Waals surface area contributed by atoms with Crippen molar-refractivity contribution in [1.29, 1.82) is 0 Å². The van der Waals surface area contributed by atoms with Crippen molar-refractivity contribution in [2.45, 2.75) is 51.4 Å². The first kappa shape index (κ1) is 18.1. The van der Waals surface area contributed by atoms with Gasteiger partial charge in [-0.05, 0) is 42.5 Å². The van der Waals surface area contributed by atoms with Crippen molar-refractivity contribution >= 4 is 17.7 Å². The van der Waals surface area contributed by atoms with Gasteiger partial charge in [-0.2, -0.15) is 0 Å². The molecular weight excluding hydrogens is 344 g/mol. The summed E-state index contributed by atoms with van der Waals surface area (Å²) in [6, 6.07) is 5.68. The van der Waals surface area contributed by atoms with E-state index in [1.807, 2.05) is 12.1 Å². The molecule has 0 spiro atoms. The summed E-state index contributed by atoms with van der Waals surface area (Å²) in [5, 5.41) is 2.34. The van der Waals surface area contributed by atoms with Gasteiger partial charge in [0.05, 0.1) is 0 Å². The van der Waals surface area contributed by atoms with Crippen LogP contribution in [0, 0.1) is 5.92 Å². The normalized spacial score (nSPS) is 29.0. The smallest absolute Gasteiger partial charge is 0.255 e. The fraction of sp³-hybridized carbons (Fsp3) is 0.550. The predicted octanol–water partition coefficient (Wildman–Crippen LogP) is 0.617. The largest absolute Gasteiger partial charge is 0.327 e. The fourth-order valence-corrected chi connectivity index (χ4v) is 4.38. The summed E-state index contributed by atoms with van der Waals surface area (Å²) < 4.78 is 0. The third-order valence-electron chi connectivity index (χ3n) is 6.05. The molecule has 0 bridgehead atoms. The Labute approximate surface area is 158 Å². The van der Waals surface area contributed by atoms with E-state index >= 15 is 0 Å². The third-order valence-corrected chi connectivity index (χ3v) is 6.05. The number of fused-ring (bicyclic) bond motifs is 1. The zero-order valence-electron chi connectivity index (χ0n) is 15.6. The van der Waals surface area contributed by atoms with E-state index in [1.54, 1.807) is 4.90 Å². The minimum Gasteiger partial charge on any atom is -0.327 e. The highest BCUT2D eigenvalue weighted by atomic mass is 16.2. The lowest BCUT2D eigenvalue weighted by Crippen LogP contribution is -2.52. The number of hydrogen-bond acceptors (Lipinski definition) is 5. The molecule has 27 heavy (non-hydrogen) atoms. The highest BCUT2D eigenvalue weighted by Gasteiger charge is 2.39. The van der Waals surface area contributed by atoms with Crippen LogP contribution in [-0.2, 0) is 22.7 Å². The van der Waals surface area contributed by atoms with E-state index in [2.05, 4.69) is 23.2 Å². The lowest BCUT2D eigenvalue weighted by molar-refractivity contribution is -0.136. The number of hydrogen-bond donors (Lipinski definition) is 2. The molecule has 3 N–H and O–H groups in total. The van der Waals surface area contributed by atoms with Crippen LogP contribution in [0.5, 0.6) is 0 Å². The molecule has 7 heteroatoms. The van der Waals surface area contributed by atoms with Crippen molar-refractivity contribution in [1.82, 2.24) is 15.1 Å². The number of nitrogens with two attached hydrogens (primary N) is 1. The summed E-state index contributed by atoms with van der Waals surface area (Å²) in [5.74, 6) is -0.272. The van der Waals surface area contributed by atoms with Gasteiger partial charge in [0, 0.05) is 37.7 Å². The van der Waals surface area contributed by atoms with Crippen LogP contribution in [0.2, 0.25) is 0 Å². The predicted molar refractivity (Wildman–Crippen MR) is 99.5 cm³/mol. The molecular formula is C20H26N4O3. The number of nitrogens with zero attached hydrogens (tertiary/aromatic N) is 2. The molecule has 0 saturated carbocycles. The van der Waals surface area contributed by atoms with E-state index in [0.29, 0.717) is 24.4 Å². The number of amides is 3. The van der Waals surface area contributed by atoms with Crippen molar-refractivity contribution in [3.63, 3.8) is 0 Å². The molecule has 3 aliphatic heterocycles. The molecule has 3 amide bonds. The van der Waals surface area contributed by atoms with E-state index < -0.39 is 6.04 Å². The average molecular weight is 370 g/mol. The van der Waals surface area contributed by atoms with Gasteiger partial charge >= 0.3 is 0 Å². The summed E-state index contributed by atoms with van der Waals surface area (Å²) in [5.41, 5.74) is 8.91. The average Bonchev–Trinajstić information content (AvgIpc) is 2.94. The molecule has 4 rings (SSSR count). The quantitative estimate of drug-likeness (QED) is 0.761. The highest BCUT2D eigenvalue weighted by Crippen LogP contribution is 2.29. The molecule has 1 aromatic rings. The fourth-order valence-electron chi connectivity index (χ4n) is 4.38. The number of nitrogens with one attached hydrogen (secondary N) is 1. The van der Waals surface area contributed by atoms with Gasteiger partial charge in [0.1, 0.15) is 6.04 Å². The van der Waals surface area contributed by atoms with Crippen molar-refractivity contribution in [3.8, 4) is 0 Å². The van der Waals surface area contributed by atoms with Gasteiger partial charge in [0.15, 0.2) is 0 Å². The zero-order valence-corrected chi connectivity index (χ0v) is 15.6. The van der Waals surface area contributed by atoms with Crippen LogP contribution in [-0.4, -0.2) is 52.7 Å². The SMILES string of the molecule is CC1CN(Cc2ccc3c(c2)CN(C2CCC(=O)NC2=O)C3=O)CCC1N. The van der Waals surface area contributed by atoms with Gasteiger partial charge in [-0.25, -0.2) is 0 Å². The van der Waals surface area contributed by atoms with Gasteiger partial charge in [-0.1, -0.05) is 19.1 Å². The number of carbonyl (C=O) groups is 3. The summed E-state index contributed by atoms with van der Waals surface area (Å²) >= 11 is 0. The summed E-state index contributed by atoms with van der Waals surface area (Å²) in [6.45, 7) is 5.44. The van der Waals surface area contributed by atoms with Crippen molar-refractivity contribution in [2.75, 3.05) is 13.1 Å². The summed E-state index contributed by atoms with van der Waals surface area (Å²) in [6.07, 6.45) is 1.67. The Bertz CT molecular complexity index is 793. The Kier molecular flexibility index (Phi) is 4.74. The Morgan fingerprint density at radius 2 is 2.04 bits per heavy atom. The molecule has 1 aromatic carbocycles. The second kappa shape index (κ2) is 7.05. The van der Waals surface area contributed by atoms with Crippen molar-refractivity contribution < 1.29 is 14.4 Å². The maximum absolute atomic E-state index is 12.7. The second-order valence-electron chi connectivity index (χ2n) is 8.06. The van der Waals surface area contributed by atoms with Gasteiger partial charge in [0.2, 0.25) is 11.8 Å². The summed E-state index contributed by atoms with van der Waals surface area (Å²) in [4.78, 5) is 40.2. The molecule has 7 nitrogen and oxygen atoms in total. The van der Waals surface area contributed by atoms with Gasteiger partial charge in [-0.3, -0.25) is 24.6 Å². The number of rotatable bonds is 3. The number of piperidine rings is 2. The molecule has 2 saturated heterocycles. The standard InChI is InChI=1S/C20H26N4O3/c1-12-9-23(7-6-16(12)21)10-13-2-3-15-14(8-13)11-24(20(15)27)17-4-5-18(25)22-19(17)26/h2-3,8,12,16-17H,4-7,9-11,21H2,1H3,(H,22,25,26). The third kappa shape index (κ3) is 3.49. The number of carbonyl (C=O) groups excluding carboxylic acids is 3. The zero-order chi connectivity index (χ0) is 19.1. The van der Waals surface area contributed by atoms with Gasteiger partial charge in [-0.15, -0.1) is 0 Å². The first-order chi connectivity index (χ1) is 12.9. The Balaban J connectivity index is 1.46. The van der Waals surface area contributed by atoms with Crippen LogP contribution >= 0.6 is 0 Å². The molecule has 0 radical (unpaired) electrons. The van der Waals surface area contributed by atoms with Crippen LogP contribution in [0.15, 0.2) is 18.2 Å². The van der Waals surface area contributed by atoms with E-state index in [4.69, 9.17) is 5.73 Å². The lowest BCUT2D eigenvalue weighted by atomic mass is 9.94. The minimum absolute atomic E-state index is 0.122. The van der Waals surface area contributed by atoms with Crippen LogP contribution in [0.1, 0.15) is 47.7 Å². The van der Waals surface area contributed by atoms with Crippen LogP contribution in [0.25, 0.3) is 0 Å². The highest BCUT2D eigenvalue weighted by molar-refractivity contribution is 6.05. The Morgan fingerprint density at radius 3 is 2.78 bits per heavy atom. The van der Waals surface area contributed by atoms with Gasteiger partial charge < -0.3 is 10.6 Å². The molecule has 3 unspecified atom stereocenters. The maximum atomic E-state index is 12.7. The number of likely N-dealkylation sites (tertiary alicyclic amines) is 1. The molecule has 2 fully saturated rings. The Morgan fingerprint density at radius 1 is 1.22 bits per heavy atom. The molecule has 3 heterocycles. The van der Waals surface area contributed by atoms with E-state index in [9.17, 15) is 14.4 Å². The first-order valence-corrected chi connectivity index (χ1v) is 9.67. The molecule has 0 aromatic heterocycles. The molecule has 144 valence electrons. The first-order valence-electron chi connectivity index (χ1n) is 9.67. The van der Waals surface area contributed by atoms with E-state index in [-0.39, 0.29) is 30.2 Å². The van der Waals surface area contributed by atoms with Crippen LogP contribution < -0.4 is 11.1 Å². The minimum atomic E-state index is -0.560. The maximum Gasteiger partial charge on any atom is 0.255 e. The second-order valence-corrected chi connectivity index (χ2v) is 8.06. The van der Waals surface area contributed by atoms with Crippen molar-refractivity contribution in [3.05, 3.63) is 34.9 Å².